The number of aromatic nitrogens is 4. The predicted octanol–water partition coefficient (Wildman–Crippen LogP) is 0.591. The van der Waals surface area contributed by atoms with Crippen molar-refractivity contribution in [1.29, 1.82) is 0 Å². The lowest BCUT2D eigenvalue weighted by atomic mass is 10.2. The number of ether oxygens (including phenoxy) is 3. The molecule has 0 radical (unpaired) electrons. The summed E-state index contributed by atoms with van der Waals surface area (Å²) in [5.74, 6) is 0.319. The fraction of sp³-hybridized carbons (Fsp3) is 0.353. The van der Waals surface area contributed by atoms with Gasteiger partial charge in [-0.2, -0.15) is 4.80 Å². The number of tetrazole rings is 1. The number of hydrogen-bond donors (Lipinski definition) is 1. The summed E-state index contributed by atoms with van der Waals surface area (Å²) in [6.45, 7) is 4.98. The van der Waals surface area contributed by atoms with Crippen LogP contribution in [-0.2, 0) is 20.9 Å². The zero-order chi connectivity index (χ0) is 19.8. The van der Waals surface area contributed by atoms with E-state index >= 15 is 0 Å². The van der Waals surface area contributed by atoms with E-state index in [1.54, 1.807) is 18.2 Å². The number of nitrogens with zero attached hydrogens (tertiary/aromatic N) is 4. The topological polar surface area (TPSA) is 117 Å². The van der Waals surface area contributed by atoms with Crippen LogP contribution in [0.25, 0.3) is 11.4 Å². The van der Waals surface area contributed by atoms with Crippen LogP contribution < -0.4 is 14.8 Å². The Hall–Kier alpha value is -3.43. The number of carbonyl (C=O) groups is 2. The zero-order valence-corrected chi connectivity index (χ0v) is 15.3. The Kier molecular flexibility index (Phi) is 6.86. The van der Waals surface area contributed by atoms with Gasteiger partial charge in [-0.25, -0.2) is 4.79 Å². The molecule has 0 bridgehead atoms. The molecule has 144 valence electrons. The van der Waals surface area contributed by atoms with Gasteiger partial charge in [0.1, 0.15) is 0 Å². The molecule has 0 unspecified atom stereocenters. The Morgan fingerprint density at radius 2 is 2.04 bits per heavy atom. The number of rotatable bonds is 9. The molecule has 10 heteroatoms. The third kappa shape index (κ3) is 5.27. The number of benzene rings is 1. The summed E-state index contributed by atoms with van der Waals surface area (Å²) < 4.78 is 15.5. The van der Waals surface area contributed by atoms with Gasteiger partial charge in [-0.15, -0.1) is 16.8 Å². The van der Waals surface area contributed by atoms with Crippen LogP contribution >= 0.6 is 0 Å². The summed E-state index contributed by atoms with van der Waals surface area (Å²) in [5, 5.41) is 14.4. The largest absolute Gasteiger partial charge is 0.493 e. The van der Waals surface area contributed by atoms with Crippen LogP contribution in [0.4, 0.5) is 0 Å². The first-order valence-electron chi connectivity index (χ1n) is 8.06. The van der Waals surface area contributed by atoms with E-state index in [9.17, 15) is 9.59 Å². The van der Waals surface area contributed by atoms with Gasteiger partial charge >= 0.3 is 5.97 Å². The summed E-state index contributed by atoms with van der Waals surface area (Å²) in [5.41, 5.74) is 0.643. The van der Waals surface area contributed by atoms with Gasteiger partial charge in [0, 0.05) is 12.1 Å². The normalized spacial score (nSPS) is 11.4. The van der Waals surface area contributed by atoms with Crippen LogP contribution in [0.1, 0.15) is 6.92 Å². The highest BCUT2D eigenvalue weighted by Crippen LogP contribution is 2.30. The summed E-state index contributed by atoms with van der Waals surface area (Å²) in [4.78, 5) is 24.7. The molecule has 0 spiro atoms. The molecule has 0 saturated carbocycles. The minimum absolute atomic E-state index is 0.278. The molecule has 1 aromatic heterocycles. The van der Waals surface area contributed by atoms with Crippen molar-refractivity contribution < 1.29 is 23.8 Å². The molecule has 27 heavy (non-hydrogen) atoms. The van der Waals surface area contributed by atoms with E-state index < -0.39 is 18.0 Å². The minimum Gasteiger partial charge on any atom is -0.493 e. The van der Waals surface area contributed by atoms with Gasteiger partial charge in [-0.3, -0.25) is 4.79 Å². The smallest absolute Gasteiger partial charge is 0.330 e. The molecule has 0 aliphatic carbocycles. The van der Waals surface area contributed by atoms with E-state index in [-0.39, 0.29) is 6.54 Å². The van der Waals surface area contributed by atoms with Crippen LogP contribution in [0.3, 0.4) is 0 Å². The maximum Gasteiger partial charge on any atom is 0.330 e. The molecule has 2 rings (SSSR count). The van der Waals surface area contributed by atoms with Crippen molar-refractivity contribution in [1.82, 2.24) is 25.5 Å². The second kappa shape index (κ2) is 9.32. The van der Waals surface area contributed by atoms with Crippen LogP contribution in [-0.4, -0.2) is 59.0 Å². The molecular formula is C17H21N5O5. The highest BCUT2D eigenvalue weighted by molar-refractivity contribution is 5.83. The number of esters is 1. The lowest BCUT2D eigenvalue weighted by molar-refractivity contribution is -0.155. The van der Waals surface area contributed by atoms with Gasteiger partial charge < -0.3 is 19.5 Å². The Balaban J connectivity index is 2.00. The van der Waals surface area contributed by atoms with Crippen LogP contribution in [0, 0.1) is 0 Å². The van der Waals surface area contributed by atoms with Crippen LogP contribution in [0.15, 0.2) is 30.9 Å². The summed E-state index contributed by atoms with van der Waals surface area (Å²) >= 11 is 0. The molecule has 0 aliphatic rings. The molecule has 1 heterocycles. The highest BCUT2D eigenvalue weighted by Gasteiger charge is 2.18. The summed E-state index contributed by atoms with van der Waals surface area (Å²) in [6, 6.07) is 5.16. The Morgan fingerprint density at radius 3 is 2.70 bits per heavy atom. The second-order valence-electron chi connectivity index (χ2n) is 5.38. The van der Waals surface area contributed by atoms with Crippen molar-refractivity contribution in [2.45, 2.75) is 19.6 Å². The monoisotopic (exact) mass is 375 g/mol. The number of nitrogens with one attached hydrogen (secondary N) is 1. The summed E-state index contributed by atoms with van der Waals surface area (Å²) in [7, 11) is 3.06. The van der Waals surface area contributed by atoms with Gasteiger partial charge in [-0.05, 0) is 30.3 Å². The Bertz CT molecular complexity index is 820. The third-order valence-electron chi connectivity index (χ3n) is 3.46. The molecule has 1 amide bonds. The SMILES string of the molecule is C=CCNC(=O)[C@@H](C)OC(=O)Cn1nnc(-c2ccc(OC)c(OC)c2)n1. The second-order valence-corrected chi connectivity index (χ2v) is 5.38. The van der Waals surface area contributed by atoms with Gasteiger partial charge in [-0.1, -0.05) is 6.08 Å². The van der Waals surface area contributed by atoms with Crippen LogP contribution in [0.5, 0.6) is 11.5 Å². The van der Waals surface area contributed by atoms with E-state index in [0.717, 1.165) is 4.80 Å². The standard InChI is InChI=1S/C17H21N5O5/c1-5-8-18-17(24)11(2)27-15(23)10-22-20-16(19-21-22)12-6-7-13(25-3)14(9-12)26-4/h5-7,9,11H,1,8,10H2,2-4H3,(H,18,24)/t11-/m1/s1. The van der Waals surface area contributed by atoms with Gasteiger partial charge in [0.05, 0.1) is 14.2 Å². The van der Waals surface area contributed by atoms with Crippen LogP contribution in [0.2, 0.25) is 0 Å². The van der Waals surface area contributed by atoms with E-state index in [4.69, 9.17) is 14.2 Å². The molecule has 2 aromatic rings. The molecule has 0 fully saturated rings. The van der Waals surface area contributed by atoms with E-state index in [1.165, 1.54) is 27.2 Å². The van der Waals surface area contributed by atoms with E-state index in [1.807, 2.05) is 0 Å². The average Bonchev–Trinajstić information content (AvgIpc) is 3.13. The molecule has 1 atom stereocenters. The number of hydrogen-bond acceptors (Lipinski definition) is 8. The fourth-order valence-electron chi connectivity index (χ4n) is 2.12. The van der Waals surface area contributed by atoms with E-state index in [0.29, 0.717) is 29.4 Å². The molecule has 1 N–H and O–H groups in total. The average molecular weight is 375 g/mol. The zero-order valence-electron chi connectivity index (χ0n) is 15.3. The fourth-order valence-corrected chi connectivity index (χ4v) is 2.12. The number of methoxy groups -OCH3 is 2. The molecule has 10 nitrogen and oxygen atoms in total. The predicted molar refractivity (Wildman–Crippen MR) is 95.1 cm³/mol. The number of amides is 1. The van der Waals surface area contributed by atoms with Crippen molar-refractivity contribution in [3.05, 3.63) is 30.9 Å². The maximum absolute atomic E-state index is 11.9. The molecular weight excluding hydrogens is 354 g/mol. The van der Waals surface area contributed by atoms with Gasteiger partial charge in [0.2, 0.25) is 5.82 Å². The third-order valence-corrected chi connectivity index (χ3v) is 3.46. The highest BCUT2D eigenvalue weighted by atomic mass is 16.5. The minimum atomic E-state index is -0.939. The van der Waals surface area contributed by atoms with Crippen molar-refractivity contribution >= 4 is 11.9 Å². The first kappa shape index (κ1) is 19.9. The first-order chi connectivity index (χ1) is 13.0. The van der Waals surface area contributed by atoms with Crippen molar-refractivity contribution in [2.24, 2.45) is 0 Å². The van der Waals surface area contributed by atoms with Gasteiger partial charge in [0.15, 0.2) is 24.1 Å². The molecule has 0 aliphatic heterocycles. The quantitative estimate of drug-likeness (QED) is 0.500. The summed E-state index contributed by atoms with van der Waals surface area (Å²) in [6.07, 6.45) is 0.591. The number of carbonyl (C=O) groups excluding carboxylic acids is 2. The lowest BCUT2D eigenvalue weighted by Gasteiger charge is -2.12. The van der Waals surface area contributed by atoms with Crippen molar-refractivity contribution in [2.75, 3.05) is 20.8 Å². The molecule has 1 aromatic carbocycles. The van der Waals surface area contributed by atoms with Crippen molar-refractivity contribution in [3.8, 4) is 22.9 Å². The lowest BCUT2D eigenvalue weighted by Crippen LogP contribution is -2.36. The Morgan fingerprint density at radius 1 is 1.30 bits per heavy atom. The molecule has 0 saturated heterocycles. The Labute approximate surface area is 156 Å². The van der Waals surface area contributed by atoms with E-state index in [2.05, 4.69) is 27.3 Å². The van der Waals surface area contributed by atoms with Crippen molar-refractivity contribution in [3.63, 3.8) is 0 Å². The maximum atomic E-state index is 11.9. The first-order valence-corrected chi connectivity index (χ1v) is 8.06. The van der Waals surface area contributed by atoms with Gasteiger partial charge in [0.25, 0.3) is 5.91 Å².